The van der Waals surface area contributed by atoms with Gasteiger partial charge in [0, 0.05) is 30.6 Å². The Morgan fingerprint density at radius 3 is 2.36 bits per heavy atom. The van der Waals surface area contributed by atoms with Gasteiger partial charge in [-0.3, -0.25) is 14.4 Å². The number of hydrogen-bond acceptors (Lipinski definition) is 10. The molecule has 0 N–H and O–H groups in total. The number of carbonyl (C=O) groups is 3. The van der Waals surface area contributed by atoms with E-state index >= 15 is 0 Å². The minimum Gasteiger partial charge on any atom is -0.494 e. The van der Waals surface area contributed by atoms with Crippen LogP contribution in [0.1, 0.15) is 27.7 Å². The molecule has 1 aliphatic heterocycles. The molecule has 0 spiro atoms. The number of hydrogen-bond donors (Lipinski definition) is 0. The van der Waals surface area contributed by atoms with Crippen molar-refractivity contribution in [2.75, 3.05) is 13.2 Å². The van der Waals surface area contributed by atoms with Crippen LogP contribution in [0.3, 0.4) is 0 Å². The average Bonchev–Trinajstić information content (AvgIpc) is 2.72. The highest BCUT2D eigenvalue weighted by molar-refractivity contribution is 8.00. The molecule has 0 radical (unpaired) electrons. The Kier molecular flexibility index (Phi) is 10.1. The number of halogens is 1. The zero-order valence-electron chi connectivity index (χ0n) is 18.4. The third-order valence-corrected chi connectivity index (χ3v) is 5.96. The predicted molar refractivity (Wildman–Crippen MR) is 118 cm³/mol. The zero-order valence-corrected chi connectivity index (χ0v) is 20.0. The minimum atomic E-state index is -1.17. The summed E-state index contributed by atoms with van der Waals surface area (Å²) >= 11 is 7.49. The molecule has 1 aromatic rings. The Hall–Kier alpha value is -2.66. The molecule has 1 saturated heterocycles. The summed E-state index contributed by atoms with van der Waals surface area (Å²) in [5, 5.41) is 4.08. The molecule has 0 bridgehead atoms. The fourth-order valence-electron chi connectivity index (χ4n) is 3.13. The highest BCUT2D eigenvalue weighted by Gasteiger charge is 2.50. The lowest BCUT2D eigenvalue weighted by Gasteiger charge is -2.43. The van der Waals surface area contributed by atoms with Crippen LogP contribution in [-0.2, 0) is 33.3 Å². The van der Waals surface area contributed by atoms with Gasteiger partial charge in [-0.1, -0.05) is 28.5 Å². The number of thioether (sulfide) groups is 1. The molecule has 2 rings (SSSR count). The van der Waals surface area contributed by atoms with Crippen molar-refractivity contribution in [2.24, 2.45) is 5.11 Å². The maximum atomic E-state index is 11.8. The molecule has 1 aliphatic rings. The Morgan fingerprint density at radius 2 is 1.82 bits per heavy atom. The van der Waals surface area contributed by atoms with Crippen LogP contribution in [-0.4, -0.2) is 60.9 Å². The van der Waals surface area contributed by atoms with Gasteiger partial charge in [0.1, 0.15) is 42.1 Å². The van der Waals surface area contributed by atoms with Crippen LogP contribution < -0.4 is 4.74 Å². The van der Waals surface area contributed by atoms with Gasteiger partial charge in [-0.15, -0.1) is 0 Å². The highest BCUT2D eigenvalue weighted by atomic mass is 35.5. The first kappa shape index (κ1) is 26.6. The van der Waals surface area contributed by atoms with Crippen molar-refractivity contribution in [1.82, 2.24) is 0 Å². The molecule has 5 atom stereocenters. The van der Waals surface area contributed by atoms with Crippen molar-refractivity contribution in [3.8, 4) is 5.75 Å². The van der Waals surface area contributed by atoms with E-state index in [-0.39, 0.29) is 6.61 Å². The van der Waals surface area contributed by atoms with Crippen LogP contribution in [0.25, 0.3) is 10.4 Å². The summed E-state index contributed by atoms with van der Waals surface area (Å²) in [5.74, 6) is -1.36. The smallest absolute Gasteiger partial charge is 0.303 e. The SMILES string of the molecule is CCOc1ccc(S[C@H]2O[C@H](COC(C)=O)[C@H](OC(C)=O)[C@H](N=[N+]=[N-])[C@H]2OC(C)=O)c(Cl)c1. The van der Waals surface area contributed by atoms with Crippen molar-refractivity contribution in [3.63, 3.8) is 0 Å². The summed E-state index contributed by atoms with van der Waals surface area (Å²) in [6.07, 6.45) is -3.31. The number of ether oxygens (including phenoxy) is 5. The molecule has 180 valence electrons. The van der Waals surface area contributed by atoms with E-state index in [1.54, 1.807) is 18.2 Å². The lowest BCUT2D eigenvalue weighted by Crippen LogP contribution is -2.59. The number of benzene rings is 1. The number of rotatable bonds is 9. The quantitative estimate of drug-likeness (QED) is 0.162. The number of carbonyl (C=O) groups excluding carboxylic acids is 3. The summed E-state index contributed by atoms with van der Waals surface area (Å²) in [7, 11) is 0. The van der Waals surface area contributed by atoms with E-state index in [0.717, 1.165) is 18.7 Å². The largest absolute Gasteiger partial charge is 0.494 e. The van der Waals surface area contributed by atoms with E-state index < -0.39 is 47.7 Å². The van der Waals surface area contributed by atoms with Crippen LogP contribution in [0.2, 0.25) is 5.02 Å². The molecule has 13 heteroatoms. The first-order valence-electron chi connectivity index (χ1n) is 9.92. The lowest BCUT2D eigenvalue weighted by atomic mass is 9.97. The van der Waals surface area contributed by atoms with Crippen molar-refractivity contribution in [3.05, 3.63) is 33.7 Å². The third-order valence-electron chi connectivity index (χ3n) is 4.31. The standard InChI is InChI=1S/C20H24ClN3O8S/c1-5-28-13-6-7-16(14(21)8-13)33-20-19(31-12(4)27)17(23-24-22)18(30-11(3)26)15(32-20)9-29-10(2)25/h6-8,15,17-20H,5,9H2,1-4H3/t15-,17+,18+,19-,20-/m1/s1. The van der Waals surface area contributed by atoms with E-state index in [0.29, 0.717) is 22.3 Å². The molecular formula is C20H24ClN3O8S. The molecule has 0 amide bonds. The highest BCUT2D eigenvalue weighted by Crippen LogP contribution is 2.40. The van der Waals surface area contributed by atoms with Gasteiger partial charge in [-0.05, 0) is 30.7 Å². The molecule has 11 nitrogen and oxygen atoms in total. The third kappa shape index (κ3) is 7.71. The van der Waals surface area contributed by atoms with Gasteiger partial charge in [0.25, 0.3) is 0 Å². The van der Waals surface area contributed by atoms with E-state index in [1.807, 2.05) is 6.92 Å². The summed E-state index contributed by atoms with van der Waals surface area (Å²) in [6, 6.07) is 3.88. The van der Waals surface area contributed by atoms with Crippen molar-refractivity contribution in [1.29, 1.82) is 0 Å². The minimum absolute atomic E-state index is 0.286. The van der Waals surface area contributed by atoms with Crippen molar-refractivity contribution in [2.45, 2.75) is 62.4 Å². The van der Waals surface area contributed by atoms with Crippen LogP contribution >= 0.6 is 23.4 Å². The van der Waals surface area contributed by atoms with Gasteiger partial charge in [-0.2, -0.15) is 0 Å². The second-order valence-corrected chi connectivity index (χ2v) is 8.38. The Morgan fingerprint density at radius 1 is 1.15 bits per heavy atom. The Labute approximate surface area is 199 Å². The second-order valence-electron chi connectivity index (χ2n) is 6.83. The van der Waals surface area contributed by atoms with Crippen LogP contribution in [0.5, 0.6) is 5.75 Å². The van der Waals surface area contributed by atoms with E-state index in [4.69, 9.17) is 40.8 Å². The van der Waals surface area contributed by atoms with Crippen LogP contribution in [0.15, 0.2) is 28.2 Å². The van der Waals surface area contributed by atoms with E-state index in [2.05, 4.69) is 10.0 Å². The van der Waals surface area contributed by atoms with E-state index in [9.17, 15) is 14.4 Å². The molecular weight excluding hydrogens is 478 g/mol. The molecule has 0 unspecified atom stereocenters. The number of nitrogens with zero attached hydrogens (tertiary/aromatic N) is 3. The van der Waals surface area contributed by atoms with E-state index in [1.165, 1.54) is 13.8 Å². The fourth-order valence-corrected chi connectivity index (χ4v) is 4.55. The number of esters is 3. The van der Waals surface area contributed by atoms with Gasteiger partial charge in [0.05, 0.1) is 11.6 Å². The maximum Gasteiger partial charge on any atom is 0.303 e. The monoisotopic (exact) mass is 501 g/mol. The number of azide groups is 1. The molecule has 1 heterocycles. The maximum absolute atomic E-state index is 11.8. The van der Waals surface area contributed by atoms with Gasteiger partial charge in [-0.25, -0.2) is 0 Å². The molecule has 1 aromatic carbocycles. The fraction of sp³-hybridized carbons (Fsp3) is 0.550. The molecule has 0 aromatic heterocycles. The summed E-state index contributed by atoms with van der Waals surface area (Å²) in [4.78, 5) is 38.3. The first-order chi connectivity index (χ1) is 15.7. The summed E-state index contributed by atoms with van der Waals surface area (Å²) < 4.78 is 27.2. The first-order valence-corrected chi connectivity index (χ1v) is 11.2. The normalized spacial score (nSPS) is 24.2. The van der Waals surface area contributed by atoms with Crippen LogP contribution in [0, 0.1) is 0 Å². The molecule has 33 heavy (non-hydrogen) atoms. The second kappa shape index (κ2) is 12.5. The van der Waals surface area contributed by atoms with Gasteiger partial charge in [0.15, 0.2) is 0 Å². The predicted octanol–water partition coefficient (Wildman–Crippen LogP) is 3.66. The Balaban J connectivity index is 2.44. The summed E-state index contributed by atoms with van der Waals surface area (Å²) in [5.41, 5.74) is 8.20. The molecule has 1 fully saturated rings. The van der Waals surface area contributed by atoms with Gasteiger partial charge >= 0.3 is 17.9 Å². The zero-order chi connectivity index (χ0) is 24.5. The lowest BCUT2D eigenvalue weighted by molar-refractivity contribution is -0.201. The van der Waals surface area contributed by atoms with Crippen LogP contribution in [0.4, 0.5) is 0 Å². The molecule has 0 aliphatic carbocycles. The Bertz CT molecular complexity index is 927. The van der Waals surface area contributed by atoms with Crippen molar-refractivity contribution < 1.29 is 38.1 Å². The van der Waals surface area contributed by atoms with Gasteiger partial charge < -0.3 is 23.7 Å². The van der Waals surface area contributed by atoms with Crippen molar-refractivity contribution >= 4 is 41.3 Å². The summed E-state index contributed by atoms with van der Waals surface area (Å²) in [6.45, 7) is 5.58. The average molecular weight is 502 g/mol. The molecule has 0 saturated carbocycles. The van der Waals surface area contributed by atoms with Gasteiger partial charge in [0.2, 0.25) is 0 Å². The topological polar surface area (TPSA) is 146 Å².